The molecule has 1 aliphatic rings. The first-order chi connectivity index (χ1) is 14.5. The number of pyridine rings is 3. The van der Waals surface area contributed by atoms with Crippen LogP contribution in [0.25, 0.3) is 10.8 Å². The number of methoxy groups -OCH3 is 1. The fraction of sp³-hybridized carbons (Fsp3) is 0.417. The third kappa shape index (κ3) is 3.74. The number of ether oxygens (including phenoxy) is 2. The Morgan fingerprint density at radius 2 is 1.90 bits per heavy atom. The number of nitrogens with zero attached hydrogens (tertiary/aromatic N) is 3. The number of nitrogens with two attached hydrogens (primary N) is 1. The predicted octanol–water partition coefficient (Wildman–Crippen LogP) is 3.87. The molecule has 0 amide bonds. The van der Waals surface area contributed by atoms with Gasteiger partial charge in [-0.15, -0.1) is 0 Å². The summed E-state index contributed by atoms with van der Waals surface area (Å²) in [5.41, 5.74) is 9.15. The molecule has 2 N–H and O–H groups in total. The molecule has 1 atom stereocenters. The lowest BCUT2D eigenvalue weighted by atomic mass is 9.84. The fourth-order valence-corrected chi connectivity index (χ4v) is 3.94. The minimum Gasteiger partial charge on any atom is -0.481 e. The SMILES string of the molecule is COc1ncc(C(C)(C)N)c2cc(Cc3ccc4c(n3)[C@H](C)C(C)(C)OC4=O)ncc12. The Balaban J connectivity index is 1.76. The van der Waals surface area contributed by atoms with Gasteiger partial charge in [-0.2, -0.15) is 0 Å². The Hall–Kier alpha value is -3.06. The molecule has 4 rings (SSSR count). The van der Waals surface area contributed by atoms with E-state index in [0.29, 0.717) is 17.9 Å². The van der Waals surface area contributed by atoms with Crippen LogP contribution in [0.2, 0.25) is 0 Å². The van der Waals surface area contributed by atoms with Crippen molar-refractivity contribution < 1.29 is 14.3 Å². The number of rotatable bonds is 4. The molecule has 0 unspecified atom stereocenters. The second-order valence-corrected chi connectivity index (χ2v) is 9.25. The molecule has 3 aromatic heterocycles. The van der Waals surface area contributed by atoms with Gasteiger partial charge in [0.05, 0.1) is 23.8 Å². The van der Waals surface area contributed by atoms with Crippen molar-refractivity contribution in [3.8, 4) is 5.88 Å². The highest BCUT2D eigenvalue weighted by Crippen LogP contribution is 2.37. The Morgan fingerprint density at radius 1 is 1.16 bits per heavy atom. The minimum absolute atomic E-state index is 0.00955. The van der Waals surface area contributed by atoms with Crippen LogP contribution >= 0.6 is 0 Å². The average Bonchev–Trinajstić information content (AvgIpc) is 2.70. The number of fused-ring (bicyclic) bond motifs is 2. The van der Waals surface area contributed by atoms with Crippen LogP contribution in [0.15, 0.2) is 30.6 Å². The van der Waals surface area contributed by atoms with Crippen LogP contribution in [0, 0.1) is 0 Å². The van der Waals surface area contributed by atoms with Crippen molar-refractivity contribution in [2.75, 3.05) is 7.11 Å². The summed E-state index contributed by atoms with van der Waals surface area (Å²) in [5, 5.41) is 1.78. The molecule has 3 aromatic rings. The van der Waals surface area contributed by atoms with Crippen LogP contribution in [0.1, 0.15) is 73.5 Å². The summed E-state index contributed by atoms with van der Waals surface area (Å²) < 4.78 is 11.0. The van der Waals surface area contributed by atoms with Crippen molar-refractivity contribution in [1.29, 1.82) is 0 Å². The number of carbonyl (C=O) groups excluding carboxylic acids is 1. The summed E-state index contributed by atoms with van der Waals surface area (Å²) in [6.45, 7) is 9.75. The minimum atomic E-state index is -0.595. The summed E-state index contributed by atoms with van der Waals surface area (Å²) in [6, 6.07) is 5.68. The molecule has 0 fully saturated rings. The van der Waals surface area contributed by atoms with E-state index in [1.165, 1.54) is 0 Å². The van der Waals surface area contributed by atoms with Gasteiger partial charge in [0.25, 0.3) is 0 Å². The van der Waals surface area contributed by atoms with Gasteiger partial charge in [0.1, 0.15) is 5.60 Å². The van der Waals surface area contributed by atoms with Gasteiger partial charge in [0.2, 0.25) is 5.88 Å². The van der Waals surface area contributed by atoms with Crippen LogP contribution in [0.5, 0.6) is 5.88 Å². The zero-order chi connectivity index (χ0) is 22.6. The first kappa shape index (κ1) is 21.2. The van der Waals surface area contributed by atoms with E-state index in [9.17, 15) is 4.79 Å². The molecular weight excluding hydrogens is 392 g/mol. The van der Waals surface area contributed by atoms with Gasteiger partial charge in [-0.3, -0.25) is 9.97 Å². The molecular formula is C24H28N4O3. The molecule has 0 saturated carbocycles. The Kier molecular flexibility index (Phi) is 4.97. The van der Waals surface area contributed by atoms with Gasteiger partial charge in [0.15, 0.2) is 0 Å². The summed E-state index contributed by atoms with van der Waals surface area (Å²) in [7, 11) is 1.59. The fourth-order valence-electron chi connectivity index (χ4n) is 3.94. The van der Waals surface area contributed by atoms with Crippen molar-refractivity contribution in [1.82, 2.24) is 15.0 Å². The summed E-state index contributed by atoms with van der Waals surface area (Å²) in [4.78, 5) is 26.2. The van der Waals surface area contributed by atoms with Crippen molar-refractivity contribution in [2.45, 2.75) is 58.1 Å². The lowest BCUT2D eigenvalue weighted by Crippen LogP contribution is -2.39. The lowest BCUT2D eigenvalue weighted by molar-refractivity contribution is -0.0190. The maximum absolute atomic E-state index is 12.4. The quantitative estimate of drug-likeness (QED) is 0.640. The molecule has 0 aromatic carbocycles. The summed E-state index contributed by atoms with van der Waals surface area (Å²) in [5.74, 6) is 0.184. The number of carbonyl (C=O) groups is 1. The summed E-state index contributed by atoms with van der Waals surface area (Å²) in [6.07, 6.45) is 4.06. The predicted molar refractivity (Wildman–Crippen MR) is 118 cm³/mol. The molecule has 7 heteroatoms. The Labute approximate surface area is 182 Å². The highest BCUT2D eigenvalue weighted by Gasteiger charge is 2.40. The molecule has 1 aliphatic heterocycles. The van der Waals surface area contributed by atoms with Crippen LogP contribution in [-0.2, 0) is 16.7 Å². The molecule has 0 bridgehead atoms. The van der Waals surface area contributed by atoms with Crippen LogP contribution in [0.3, 0.4) is 0 Å². The van der Waals surface area contributed by atoms with Crippen LogP contribution in [-0.4, -0.2) is 33.6 Å². The van der Waals surface area contributed by atoms with Crippen molar-refractivity contribution >= 4 is 16.7 Å². The first-order valence-electron chi connectivity index (χ1n) is 10.4. The lowest BCUT2D eigenvalue weighted by Gasteiger charge is -2.36. The highest BCUT2D eigenvalue weighted by atomic mass is 16.6. The second-order valence-electron chi connectivity index (χ2n) is 9.25. The van der Waals surface area contributed by atoms with Gasteiger partial charge in [-0.25, -0.2) is 9.78 Å². The van der Waals surface area contributed by atoms with Gasteiger partial charge in [-0.05, 0) is 56.8 Å². The van der Waals surface area contributed by atoms with E-state index in [1.54, 1.807) is 25.6 Å². The maximum Gasteiger partial charge on any atom is 0.340 e. The molecule has 0 radical (unpaired) electrons. The van der Waals surface area contributed by atoms with Crippen LogP contribution in [0.4, 0.5) is 0 Å². The second kappa shape index (κ2) is 7.27. The number of hydrogen-bond acceptors (Lipinski definition) is 7. The average molecular weight is 421 g/mol. The largest absolute Gasteiger partial charge is 0.481 e. The van der Waals surface area contributed by atoms with Gasteiger partial charge < -0.3 is 15.2 Å². The van der Waals surface area contributed by atoms with Crippen molar-refractivity contribution in [2.24, 2.45) is 5.73 Å². The first-order valence-corrected chi connectivity index (χ1v) is 10.4. The number of cyclic esters (lactones) is 1. The smallest absolute Gasteiger partial charge is 0.340 e. The molecule has 31 heavy (non-hydrogen) atoms. The molecule has 7 nitrogen and oxygen atoms in total. The van der Waals surface area contributed by atoms with E-state index in [2.05, 4.69) is 9.97 Å². The zero-order valence-electron chi connectivity index (χ0n) is 18.8. The van der Waals surface area contributed by atoms with Crippen molar-refractivity contribution in [3.05, 3.63) is 58.8 Å². The Morgan fingerprint density at radius 3 is 2.58 bits per heavy atom. The normalized spacial score (nSPS) is 17.9. The Bertz CT molecular complexity index is 1180. The zero-order valence-corrected chi connectivity index (χ0v) is 18.8. The van der Waals surface area contributed by atoms with Crippen LogP contribution < -0.4 is 10.5 Å². The monoisotopic (exact) mass is 420 g/mol. The molecule has 162 valence electrons. The van der Waals surface area contributed by atoms with Gasteiger partial charge in [0, 0.05) is 41.7 Å². The molecule has 0 aliphatic carbocycles. The van der Waals surface area contributed by atoms with E-state index < -0.39 is 11.1 Å². The molecule has 4 heterocycles. The van der Waals surface area contributed by atoms with Gasteiger partial charge >= 0.3 is 5.97 Å². The number of esters is 1. The topological polar surface area (TPSA) is 100 Å². The third-order valence-corrected chi connectivity index (χ3v) is 6.05. The van der Waals surface area contributed by atoms with Gasteiger partial charge in [-0.1, -0.05) is 6.92 Å². The van der Waals surface area contributed by atoms with Crippen molar-refractivity contribution in [3.63, 3.8) is 0 Å². The highest BCUT2D eigenvalue weighted by molar-refractivity contribution is 5.92. The maximum atomic E-state index is 12.4. The van der Waals surface area contributed by atoms with E-state index in [-0.39, 0.29) is 11.9 Å². The van der Waals surface area contributed by atoms with E-state index in [4.69, 9.17) is 20.2 Å². The number of aromatic nitrogens is 3. The molecule has 0 spiro atoms. The molecule has 0 saturated heterocycles. The number of hydrogen-bond donors (Lipinski definition) is 1. The van der Waals surface area contributed by atoms with E-state index in [1.807, 2.05) is 46.8 Å². The summed E-state index contributed by atoms with van der Waals surface area (Å²) >= 11 is 0. The van der Waals surface area contributed by atoms with E-state index in [0.717, 1.165) is 33.4 Å². The third-order valence-electron chi connectivity index (χ3n) is 6.05. The standard InChI is InChI=1S/C24H28N4O3/c1-13-20-16(22(29)31-24(13,4)5)8-7-14(28-20)9-15-10-17-18(11-26-15)21(30-6)27-12-19(17)23(2,3)25/h7-8,10-13H,9,25H2,1-6H3/t13-/m0/s1. The van der Waals surface area contributed by atoms with E-state index >= 15 is 0 Å².